The van der Waals surface area contributed by atoms with Crippen LogP contribution in [-0.4, -0.2) is 54.9 Å². The van der Waals surface area contributed by atoms with Crippen LogP contribution in [0.15, 0.2) is 36.7 Å². The zero-order valence-electron chi connectivity index (χ0n) is 14.1. The molecule has 4 atom stereocenters. The van der Waals surface area contributed by atoms with Gasteiger partial charge in [0.05, 0.1) is 6.61 Å². The van der Waals surface area contributed by atoms with Gasteiger partial charge in [0, 0.05) is 0 Å². The highest BCUT2D eigenvalue weighted by Crippen LogP contribution is 2.36. The van der Waals surface area contributed by atoms with Crippen LogP contribution in [0.25, 0.3) is 11.0 Å². The van der Waals surface area contributed by atoms with Gasteiger partial charge in [-0.15, -0.1) is 5.10 Å². The highest BCUT2D eigenvalue weighted by atomic mass is 19.1. The molecule has 0 spiro atoms. The number of alkyl halides is 1. The number of benzene rings is 1. The van der Waals surface area contributed by atoms with E-state index in [2.05, 4.69) is 15.1 Å². The number of aliphatic hydroxyl groups excluding tert-OH is 2. The van der Waals surface area contributed by atoms with Crippen LogP contribution in [0.5, 0.6) is 5.88 Å². The minimum atomic E-state index is -1.80. The van der Waals surface area contributed by atoms with Crippen molar-refractivity contribution in [3.05, 3.63) is 42.2 Å². The molecule has 4 N–H and O–H groups in total. The molecule has 1 aliphatic heterocycles. The molecule has 0 saturated carbocycles. The average molecular weight is 375 g/mol. The van der Waals surface area contributed by atoms with Gasteiger partial charge < -0.3 is 25.4 Å². The van der Waals surface area contributed by atoms with Gasteiger partial charge in [0.2, 0.25) is 5.88 Å². The van der Waals surface area contributed by atoms with Crippen LogP contribution in [0, 0.1) is 0 Å². The quantitative estimate of drug-likeness (QED) is 0.591. The lowest BCUT2D eigenvalue weighted by Crippen LogP contribution is -2.30. The standard InChI is InChI=1S/C17H18FN5O4/c18-12-13(25)10(6-24)27-17(12)23-15-11(14(19)20-8-21-15)16(22-23)26-7-9-4-2-1-3-5-9/h1-5,8,10,12-13,17,24-25H,6-7H2,(H2,19,20,21)/t10-,12+,13-,17-/m1/s1. The summed E-state index contributed by atoms with van der Waals surface area (Å²) in [4.78, 5) is 8.05. The summed E-state index contributed by atoms with van der Waals surface area (Å²) in [6.07, 6.45) is -4.39. The van der Waals surface area contributed by atoms with Crippen molar-refractivity contribution in [3.8, 4) is 5.88 Å². The minimum absolute atomic E-state index is 0.127. The van der Waals surface area contributed by atoms with Gasteiger partial charge in [-0.05, 0) is 5.56 Å². The van der Waals surface area contributed by atoms with Gasteiger partial charge in [-0.25, -0.2) is 19.0 Å². The van der Waals surface area contributed by atoms with Crippen LogP contribution in [0.4, 0.5) is 10.2 Å². The van der Waals surface area contributed by atoms with E-state index >= 15 is 0 Å². The van der Waals surface area contributed by atoms with E-state index in [1.165, 1.54) is 6.33 Å². The number of anilines is 1. The lowest BCUT2D eigenvalue weighted by atomic mass is 10.1. The molecule has 0 amide bonds. The van der Waals surface area contributed by atoms with Gasteiger partial charge in [-0.2, -0.15) is 0 Å². The Kier molecular flexibility index (Phi) is 4.60. The van der Waals surface area contributed by atoms with Crippen LogP contribution in [0.2, 0.25) is 0 Å². The van der Waals surface area contributed by atoms with Gasteiger partial charge in [-0.3, -0.25) is 0 Å². The van der Waals surface area contributed by atoms with Crippen LogP contribution in [0.1, 0.15) is 11.8 Å². The Bertz CT molecular complexity index is 938. The first kappa shape index (κ1) is 17.6. The number of halogens is 1. The number of aromatic nitrogens is 4. The third-order valence-corrected chi connectivity index (χ3v) is 4.42. The van der Waals surface area contributed by atoms with E-state index in [4.69, 9.17) is 15.2 Å². The molecule has 3 heterocycles. The van der Waals surface area contributed by atoms with E-state index in [0.717, 1.165) is 10.2 Å². The summed E-state index contributed by atoms with van der Waals surface area (Å²) in [5.74, 6) is 0.256. The second-order valence-corrected chi connectivity index (χ2v) is 6.16. The van der Waals surface area contributed by atoms with E-state index in [1.807, 2.05) is 30.3 Å². The molecule has 1 fully saturated rings. The predicted octanol–water partition coefficient (Wildman–Crippen LogP) is 0.576. The maximum atomic E-state index is 14.5. The summed E-state index contributed by atoms with van der Waals surface area (Å²) in [5, 5.41) is 23.7. The molecule has 27 heavy (non-hydrogen) atoms. The molecular weight excluding hydrogens is 357 g/mol. The fraction of sp³-hybridized carbons (Fsp3) is 0.353. The van der Waals surface area contributed by atoms with E-state index in [-0.39, 0.29) is 24.0 Å². The third kappa shape index (κ3) is 3.07. The largest absolute Gasteiger partial charge is 0.471 e. The Labute approximate surface area is 153 Å². The van der Waals surface area contributed by atoms with E-state index in [0.29, 0.717) is 5.39 Å². The Morgan fingerprint density at radius 1 is 1.26 bits per heavy atom. The van der Waals surface area contributed by atoms with E-state index < -0.39 is 31.2 Å². The molecule has 9 nitrogen and oxygen atoms in total. The van der Waals surface area contributed by atoms with Gasteiger partial charge >= 0.3 is 0 Å². The van der Waals surface area contributed by atoms with Crippen LogP contribution >= 0.6 is 0 Å². The average Bonchev–Trinajstić information content (AvgIpc) is 3.20. The molecule has 0 radical (unpaired) electrons. The van der Waals surface area contributed by atoms with Gasteiger partial charge in [0.25, 0.3) is 0 Å². The zero-order valence-corrected chi connectivity index (χ0v) is 14.1. The molecule has 3 aromatic rings. The summed E-state index contributed by atoms with van der Waals surface area (Å²) in [5.41, 5.74) is 7.07. The number of hydrogen-bond acceptors (Lipinski definition) is 8. The first-order valence-corrected chi connectivity index (χ1v) is 8.34. The SMILES string of the molecule is Nc1ncnc2c1c(OCc1ccccc1)nn2[C@@H]1O[C@H](CO)[C@@H](O)[C@@H]1F. The number of nitrogens with two attached hydrogens (primary N) is 1. The molecule has 10 heteroatoms. The highest BCUT2D eigenvalue weighted by Gasteiger charge is 2.46. The summed E-state index contributed by atoms with van der Waals surface area (Å²) >= 11 is 0. The molecule has 1 aliphatic rings. The number of hydrogen-bond donors (Lipinski definition) is 3. The van der Waals surface area contributed by atoms with Crippen LogP contribution in [0.3, 0.4) is 0 Å². The van der Waals surface area contributed by atoms with Gasteiger partial charge in [-0.1, -0.05) is 30.3 Å². The smallest absolute Gasteiger partial charge is 0.246 e. The van der Waals surface area contributed by atoms with Crippen LogP contribution in [-0.2, 0) is 11.3 Å². The molecule has 142 valence electrons. The molecule has 0 unspecified atom stereocenters. The Balaban J connectivity index is 1.71. The maximum absolute atomic E-state index is 14.5. The van der Waals surface area contributed by atoms with Crippen molar-refractivity contribution in [1.29, 1.82) is 0 Å². The van der Waals surface area contributed by atoms with Gasteiger partial charge in [0.1, 0.15) is 36.3 Å². The minimum Gasteiger partial charge on any atom is -0.471 e. The van der Waals surface area contributed by atoms with Crippen molar-refractivity contribution in [3.63, 3.8) is 0 Å². The monoisotopic (exact) mass is 375 g/mol. The number of aliphatic hydroxyl groups is 2. The molecule has 4 rings (SSSR count). The lowest BCUT2D eigenvalue weighted by molar-refractivity contribution is -0.0509. The molecule has 0 bridgehead atoms. The van der Waals surface area contributed by atoms with Crippen molar-refractivity contribution < 1.29 is 24.1 Å². The third-order valence-electron chi connectivity index (χ3n) is 4.42. The predicted molar refractivity (Wildman–Crippen MR) is 92.4 cm³/mol. The highest BCUT2D eigenvalue weighted by molar-refractivity contribution is 5.90. The Hall–Kier alpha value is -2.82. The molecule has 2 aromatic heterocycles. The molecule has 1 aromatic carbocycles. The first-order valence-electron chi connectivity index (χ1n) is 8.34. The fourth-order valence-corrected chi connectivity index (χ4v) is 3.02. The van der Waals surface area contributed by atoms with E-state index in [9.17, 15) is 14.6 Å². The van der Waals surface area contributed by atoms with Gasteiger partial charge in [0.15, 0.2) is 18.0 Å². The Morgan fingerprint density at radius 3 is 2.74 bits per heavy atom. The van der Waals surface area contributed by atoms with Crippen molar-refractivity contribution in [2.75, 3.05) is 12.3 Å². The molecular formula is C17H18FN5O4. The van der Waals surface area contributed by atoms with E-state index in [1.54, 1.807) is 0 Å². The van der Waals surface area contributed by atoms with Crippen molar-refractivity contribution >= 4 is 16.9 Å². The number of fused-ring (bicyclic) bond motifs is 1. The van der Waals surface area contributed by atoms with Crippen molar-refractivity contribution in [1.82, 2.24) is 19.7 Å². The summed E-state index contributed by atoms with van der Waals surface area (Å²) < 4.78 is 26.9. The maximum Gasteiger partial charge on any atom is 0.246 e. The molecule has 1 saturated heterocycles. The van der Waals surface area contributed by atoms with Crippen molar-refractivity contribution in [2.45, 2.75) is 31.2 Å². The van der Waals surface area contributed by atoms with Crippen molar-refractivity contribution in [2.24, 2.45) is 0 Å². The second-order valence-electron chi connectivity index (χ2n) is 6.16. The Morgan fingerprint density at radius 2 is 2.04 bits per heavy atom. The molecule has 0 aliphatic carbocycles. The summed E-state index contributed by atoms with van der Waals surface area (Å²) in [7, 11) is 0. The first-order chi connectivity index (χ1) is 13.1. The lowest BCUT2D eigenvalue weighted by Gasteiger charge is -2.13. The zero-order chi connectivity index (χ0) is 19.0. The van der Waals surface area contributed by atoms with Crippen LogP contribution < -0.4 is 10.5 Å². The number of nitrogen functional groups attached to an aromatic ring is 1. The normalized spacial score (nSPS) is 25.1. The fourth-order valence-electron chi connectivity index (χ4n) is 3.02. The number of rotatable bonds is 5. The summed E-state index contributed by atoms with van der Waals surface area (Å²) in [6.45, 7) is -0.306. The second kappa shape index (κ2) is 7.06. The number of nitrogens with zero attached hydrogens (tertiary/aromatic N) is 4. The number of ether oxygens (including phenoxy) is 2. The summed E-state index contributed by atoms with van der Waals surface area (Å²) in [6, 6.07) is 9.42. The topological polar surface area (TPSA) is 129 Å².